The average Bonchev–Trinajstić information content (AvgIpc) is 2.95. The van der Waals surface area contributed by atoms with Crippen LogP contribution >= 0.6 is 11.6 Å². The zero-order valence-corrected chi connectivity index (χ0v) is 16.6. The van der Waals surface area contributed by atoms with E-state index in [4.69, 9.17) is 16.3 Å². The molecule has 30 heavy (non-hydrogen) atoms. The van der Waals surface area contributed by atoms with Crippen LogP contribution < -0.4 is 15.3 Å². The first-order valence-electron chi connectivity index (χ1n) is 8.98. The Morgan fingerprint density at radius 2 is 1.83 bits per heavy atom. The number of imide groups is 1. The van der Waals surface area contributed by atoms with Crippen molar-refractivity contribution in [1.82, 2.24) is 0 Å². The van der Waals surface area contributed by atoms with Crippen molar-refractivity contribution in [3.8, 4) is 0 Å². The van der Waals surface area contributed by atoms with Crippen LogP contribution in [0, 0.1) is 0 Å². The third-order valence-corrected chi connectivity index (χ3v) is 4.55. The van der Waals surface area contributed by atoms with E-state index in [0.717, 1.165) is 4.90 Å². The average molecular weight is 428 g/mol. The number of nitrogens with zero attached hydrogens (tertiary/aromatic N) is 1. The maximum absolute atomic E-state index is 13.0. The van der Waals surface area contributed by atoms with Crippen molar-refractivity contribution in [2.45, 2.75) is 13.3 Å². The molecule has 3 rings (SSSR count). The Morgan fingerprint density at radius 1 is 1.10 bits per heavy atom. The fourth-order valence-corrected chi connectivity index (χ4v) is 3.02. The molecule has 0 saturated carbocycles. The van der Waals surface area contributed by atoms with Crippen LogP contribution in [0.3, 0.4) is 0 Å². The summed E-state index contributed by atoms with van der Waals surface area (Å²) in [6.07, 6.45) is 0.613. The van der Waals surface area contributed by atoms with Crippen LogP contribution in [0.1, 0.15) is 34.1 Å². The molecular formula is C21H16ClN2O6-. The molecule has 0 fully saturated rings. The number of esters is 1. The van der Waals surface area contributed by atoms with E-state index in [1.165, 1.54) is 36.4 Å². The summed E-state index contributed by atoms with van der Waals surface area (Å²) in [4.78, 5) is 49.8. The smallest absolute Gasteiger partial charge is 0.340 e. The predicted molar refractivity (Wildman–Crippen MR) is 107 cm³/mol. The number of ether oxygens (including phenoxy) is 1. The lowest BCUT2D eigenvalue weighted by molar-refractivity contribution is -0.255. The number of hydrogen-bond acceptors (Lipinski definition) is 7. The van der Waals surface area contributed by atoms with Gasteiger partial charge in [0, 0.05) is 5.69 Å². The molecule has 0 bridgehead atoms. The Balaban J connectivity index is 1.92. The van der Waals surface area contributed by atoms with E-state index in [2.05, 4.69) is 5.32 Å². The minimum Gasteiger partial charge on any atom is -0.545 e. The molecular weight excluding hydrogens is 412 g/mol. The summed E-state index contributed by atoms with van der Waals surface area (Å²) < 4.78 is 5.12. The second-order valence-electron chi connectivity index (χ2n) is 6.28. The third-order valence-electron chi connectivity index (χ3n) is 4.20. The number of rotatable bonds is 7. The highest BCUT2D eigenvalue weighted by Gasteiger charge is 2.40. The highest BCUT2D eigenvalue weighted by molar-refractivity contribution is 6.53. The van der Waals surface area contributed by atoms with Crippen LogP contribution in [0.5, 0.6) is 0 Å². The van der Waals surface area contributed by atoms with E-state index in [1.54, 1.807) is 12.1 Å². The molecule has 0 saturated heterocycles. The summed E-state index contributed by atoms with van der Waals surface area (Å²) >= 11 is 6.10. The quantitative estimate of drug-likeness (QED) is 0.531. The van der Waals surface area contributed by atoms with Crippen LogP contribution in [0.25, 0.3) is 0 Å². The Hall–Kier alpha value is -3.65. The molecule has 0 radical (unpaired) electrons. The molecule has 154 valence electrons. The van der Waals surface area contributed by atoms with Gasteiger partial charge in [-0.15, -0.1) is 0 Å². The largest absolute Gasteiger partial charge is 0.545 e. The van der Waals surface area contributed by atoms with Crippen molar-refractivity contribution < 1.29 is 29.0 Å². The van der Waals surface area contributed by atoms with Gasteiger partial charge in [0.15, 0.2) is 0 Å². The Labute approximate surface area is 176 Å². The number of aromatic carboxylic acids is 1. The van der Waals surface area contributed by atoms with Gasteiger partial charge in [0.2, 0.25) is 0 Å². The number of carbonyl (C=O) groups excluding carboxylic acids is 4. The van der Waals surface area contributed by atoms with Crippen LogP contribution in [-0.2, 0) is 14.3 Å². The maximum atomic E-state index is 13.0. The molecule has 1 aliphatic heterocycles. The summed E-state index contributed by atoms with van der Waals surface area (Å²) in [6.45, 7) is 2.03. The fourth-order valence-electron chi connectivity index (χ4n) is 2.81. The maximum Gasteiger partial charge on any atom is 0.340 e. The van der Waals surface area contributed by atoms with E-state index in [0.29, 0.717) is 6.42 Å². The molecule has 2 amide bonds. The lowest BCUT2D eigenvalue weighted by Crippen LogP contribution is -2.33. The van der Waals surface area contributed by atoms with Gasteiger partial charge in [-0.2, -0.15) is 0 Å². The van der Waals surface area contributed by atoms with Gasteiger partial charge in [-0.25, -0.2) is 9.69 Å². The van der Waals surface area contributed by atoms with Crippen molar-refractivity contribution in [2.24, 2.45) is 0 Å². The van der Waals surface area contributed by atoms with E-state index in [-0.39, 0.29) is 34.8 Å². The SMILES string of the molecule is CCCOC(=O)c1ccccc1N1C(=O)C(Cl)=C(Nc2cccc(C(=O)[O-])c2)C1=O. The molecule has 2 aromatic carbocycles. The van der Waals surface area contributed by atoms with Crippen LogP contribution in [0.2, 0.25) is 0 Å². The minimum absolute atomic E-state index is 0.0343. The van der Waals surface area contributed by atoms with Gasteiger partial charge in [0.1, 0.15) is 10.7 Å². The van der Waals surface area contributed by atoms with Crippen LogP contribution in [0.4, 0.5) is 11.4 Å². The Kier molecular flexibility index (Phi) is 6.17. The molecule has 0 atom stereocenters. The molecule has 9 heteroatoms. The van der Waals surface area contributed by atoms with Gasteiger partial charge < -0.3 is 20.0 Å². The lowest BCUT2D eigenvalue weighted by Gasteiger charge is -2.18. The van der Waals surface area contributed by atoms with Gasteiger partial charge in [-0.1, -0.05) is 42.8 Å². The monoisotopic (exact) mass is 427 g/mol. The van der Waals surface area contributed by atoms with Gasteiger partial charge in [-0.05, 0) is 36.2 Å². The topological polar surface area (TPSA) is 116 Å². The minimum atomic E-state index is -1.39. The number of nitrogens with one attached hydrogen (secondary N) is 1. The summed E-state index contributed by atoms with van der Waals surface area (Å²) in [5, 5.41) is 13.3. The normalized spacial score (nSPS) is 13.6. The highest BCUT2D eigenvalue weighted by Crippen LogP contribution is 2.32. The van der Waals surface area contributed by atoms with Gasteiger partial charge in [0.05, 0.1) is 23.8 Å². The Bertz CT molecular complexity index is 1080. The Morgan fingerprint density at radius 3 is 2.53 bits per heavy atom. The zero-order chi connectivity index (χ0) is 21.8. The molecule has 0 unspecified atom stereocenters. The van der Waals surface area contributed by atoms with Crippen molar-refractivity contribution in [2.75, 3.05) is 16.8 Å². The van der Waals surface area contributed by atoms with E-state index in [9.17, 15) is 24.3 Å². The van der Waals surface area contributed by atoms with Crippen molar-refractivity contribution >= 4 is 46.7 Å². The number of carboxylic acids is 1. The standard InChI is InChI=1S/C21H17ClN2O6/c1-2-10-30-21(29)14-8-3-4-9-15(14)24-18(25)16(22)17(19(24)26)23-13-7-5-6-12(11-13)20(27)28/h3-9,11,23H,2,10H2,1H3,(H,27,28)/p-1. The summed E-state index contributed by atoms with van der Waals surface area (Å²) in [5.41, 5.74) is -0.0592. The summed E-state index contributed by atoms with van der Waals surface area (Å²) in [6, 6.07) is 11.5. The zero-order valence-electron chi connectivity index (χ0n) is 15.8. The molecule has 1 aliphatic rings. The number of benzene rings is 2. The van der Waals surface area contributed by atoms with Crippen molar-refractivity contribution in [3.05, 3.63) is 70.4 Å². The lowest BCUT2D eigenvalue weighted by atomic mass is 10.1. The summed E-state index contributed by atoms with van der Waals surface area (Å²) in [7, 11) is 0. The number of carbonyl (C=O) groups is 4. The predicted octanol–water partition coefficient (Wildman–Crippen LogP) is 2.05. The van der Waals surface area contributed by atoms with Crippen LogP contribution in [0.15, 0.2) is 59.3 Å². The number of para-hydroxylation sites is 1. The highest BCUT2D eigenvalue weighted by atomic mass is 35.5. The summed E-state index contributed by atoms with van der Waals surface area (Å²) in [5.74, 6) is -3.68. The number of anilines is 2. The van der Waals surface area contributed by atoms with E-state index >= 15 is 0 Å². The number of amides is 2. The molecule has 1 heterocycles. The van der Waals surface area contributed by atoms with Gasteiger partial charge >= 0.3 is 5.97 Å². The first-order valence-corrected chi connectivity index (χ1v) is 9.36. The van der Waals surface area contributed by atoms with E-state index < -0.39 is 28.8 Å². The molecule has 0 aromatic heterocycles. The molecule has 8 nitrogen and oxygen atoms in total. The van der Waals surface area contributed by atoms with Crippen molar-refractivity contribution in [1.29, 1.82) is 0 Å². The number of carboxylic acid groups (broad SMARTS) is 1. The fraction of sp³-hybridized carbons (Fsp3) is 0.143. The van der Waals surface area contributed by atoms with E-state index in [1.807, 2.05) is 6.92 Å². The molecule has 2 aromatic rings. The molecule has 0 spiro atoms. The first-order chi connectivity index (χ1) is 14.3. The third kappa shape index (κ3) is 4.04. The second-order valence-corrected chi connectivity index (χ2v) is 6.66. The van der Waals surface area contributed by atoms with Gasteiger partial charge in [0.25, 0.3) is 11.8 Å². The van der Waals surface area contributed by atoms with Crippen molar-refractivity contribution in [3.63, 3.8) is 0 Å². The molecule has 0 aliphatic carbocycles. The first kappa shape index (κ1) is 21.1. The molecule has 1 N–H and O–H groups in total. The second kappa shape index (κ2) is 8.79. The number of halogens is 1. The van der Waals surface area contributed by atoms with Gasteiger partial charge in [-0.3, -0.25) is 9.59 Å². The van der Waals surface area contributed by atoms with Crippen LogP contribution in [-0.4, -0.2) is 30.4 Å². The number of hydrogen-bond donors (Lipinski definition) is 1.